The Labute approximate surface area is 73.4 Å². The molecule has 2 N–H and O–H groups in total. The summed E-state index contributed by atoms with van der Waals surface area (Å²) in [5.74, 6) is 0.326. The minimum absolute atomic E-state index is 0.326. The molecule has 1 rings (SSSR count). The molecular formula is C7H8INO. The summed E-state index contributed by atoms with van der Waals surface area (Å²) >= 11 is 2.09. The normalized spacial score (nSPS) is 9.40. The van der Waals surface area contributed by atoms with Crippen LogP contribution in [0, 0.1) is 3.57 Å². The van der Waals surface area contributed by atoms with E-state index in [-0.39, 0.29) is 0 Å². The van der Waals surface area contributed by atoms with Gasteiger partial charge in [0.15, 0.2) is 0 Å². The number of rotatable bonds is 1. The van der Waals surface area contributed by atoms with Gasteiger partial charge in [0.25, 0.3) is 0 Å². The highest BCUT2D eigenvalue weighted by atomic mass is 127. The molecule has 0 atom stereocenters. The van der Waals surface area contributed by atoms with Gasteiger partial charge in [-0.05, 0) is 34.7 Å². The standard InChI is InChI=1S/C7H8INO/c1-9-5-3-2-4-6(10)7(5)8/h2-4,9-10H,1H3. The molecule has 0 unspecified atom stereocenters. The van der Waals surface area contributed by atoms with E-state index in [9.17, 15) is 5.11 Å². The van der Waals surface area contributed by atoms with Gasteiger partial charge in [0, 0.05) is 7.05 Å². The summed E-state index contributed by atoms with van der Waals surface area (Å²) in [6.07, 6.45) is 0. The van der Waals surface area contributed by atoms with Gasteiger partial charge in [0.1, 0.15) is 5.75 Å². The summed E-state index contributed by atoms with van der Waals surface area (Å²) in [4.78, 5) is 0. The Morgan fingerprint density at radius 3 is 2.70 bits per heavy atom. The minimum atomic E-state index is 0.326. The molecule has 0 saturated carbocycles. The highest BCUT2D eigenvalue weighted by Crippen LogP contribution is 2.25. The van der Waals surface area contributed by atoms with Crippen molar-refractivity contribution < 1.29 is 5.11 Å². The molecule has 0 bridgehead atoms. The highest BCUT2D eigenvalue weighted by Gasteiger charge is 1.99. The first kappa shape index (κ1) is 7.65. The average molecular weight is 249 g/mol. The number of phenolic OH excluding ortho intramolecular Hbond substituents is 1. The van der Waals surface area contributed by atoms with Crippen LogP contribution in [-0.4, -0.2) is 12.2 Å². The molecule has 54 valence electrons. The molecule has 0 heterocycles. The van der Waals surface area contributed by atoms with E-state index in [4.69, 9.17) is 0 Å². The zero-order valence-corrected chi connectivity index (χ0v) is 7.71. The second kappa shape index (κ2) is 3.09. The van der Waals surface area contributed by atoms with Crippen molar-refractivity contribution in [2.75, 3.05) is 12.4 Å². The van der Waals surface area contributed by atoms with Gasteiger partial charge in [0.05, 0.1) is 9.26 Å². The summed E-state index contributed by atoms with van der Waals surface area (Å²) in [6.45, 7) is 0. The molecule has 0 aliphatic carbocycles. The molecular weight excluding hydrogens is 241 g/mol. The fraction of sp³-hybridized carbons (Fsp3) is 0.143. The average Bonchev–Trinajstić information content (AvgIpc) is 1.95. The maximum absolute atomic E-state index is 9.18. The molecule has 0 saturated heterocycles. The first-order valence-corrected chi connectivity index (χ1v) is 3.99. The van der Waals surface area contributed by atoms with Gasteiger partial charge in [0.2, 0.25) is 0 Å². The van der Waals surface area contributed by atoms with Gasteiger partial charge in [-0.25, -0.2) is 0 Å². The molecule has 1 aromatic rings. The second-order valence-corrected chi connectivity index (χ2v) is 2.97. The van der Waals surface area contributed by atoms with Crippen LogP contribution in [0.1, 0.15) is 0 Å². The van der Waals surface area contributed by atoms with Crippen molar-refractivity contribution in [3.8, 4) is 5.75 Å². The predicted molar refractivity (Wildman–Crippen MR) is 50.4 cm³/mol. The van der Waals surface area contributed by atoms with Crippen LogP contribution in [-0.2, 0) is 0 Å². The predicted octanol–water partition coefficient (Wildman–Crippen LogP) is 2.04. The third-order valence-electron chi connectivity index (χ3n) is 1.25. The molecule has 0 aliphatic rings. The van der Waals surface area contributed by atoms with Gasteiger partial charge < -0.3 is 10.4 Å². The van der Waals surface area contributed by atoms with Crippen molar-refractivity contribution in [3.05, 3.63) is 21.8 Å². The quantitative estimate of drug-likeness (QED) is 0.746. The molecule has 2 nitrogen and oxygen atoms in total. The Kier molecular flexibility index (Phi) is 2.37. The highest BCUT2D eigenvalue weighted by molar-refractivity contribution is 14.1. The Balaban J connectivity index is 3.14. The summed E-state index contributed by atoms with van der Waals surface area (Å²) in [7, 11) is 1.83. The Morgan fingerprint density at radius 2 is 2.20 bits per heavy atom. The van der Waals surface area contributed by atoms with Crippen LogP contribution in [0.15, 0.2) is 18.2 Å². The largest absolute Gasteiger partial charge is 0.507 e. The topological polar surface area (TPSA) is 32.3 Å². The van der Waals surface area contributed by atoms with Crippen molar-refractivity contribution in [3.63, 3.8) is 0 Å². The van der Waals surface area contributed by atoms with Crippen molar-refractivity contribution >= 4 is 28.3 Å². The monoisotopic (exact) mass is 249 g/mol. The van der Waals surface area contributed by atoms with Crippen molar-refractivity contribution in [1.82, 2.24) is 0 Å². The molecule has 1 aromatic carbocycles. The lowest BCUT2D eigenvalue weighted by Gasteiger charge is -2.03. The molecule has 0 fully saturated rings. The van der Waals surface area contributed by atoms with E-state index in [0.717, 1.165) is 9.26 Å². The zero-order chi connectivity index (χ0) is 7.56. The summed E-state index contributed by atoms with van der Waals surface area (Å²) in [5, 5.41) is 12.2. The number of benzene rings is 1. The smallest absolute Gasteiger partial charge is 0.130 e. The third kappa shape index (κ3) is 1.34. The Morgan fingerprint density at radius 1 is 1.50 bits per heavy atom. The maximum Gasteiger partial charge on any atom is 0.130 e. The van der Waals surface area contributed by atoms with E-state index >= 15 is 0 Å². The van der Waals surface area contributed by atoms with Crippen LogP contribution < -0.4 is 5.32 Å². The molecule has 0 aromatic heterocycles. The summed E-state index contributed by atoms with van der Waals surface area (Å²) in [6, 6.07) is 5.40. The number of nitrogens with one attached hydrogen (secondary N) is 1. The van der Waals surface area contributed by atoms with Crippen molar-refractivity contribution in [2.24, 2.45) is 0 Å². The number of aromatic hydroxyl groups is 1. The molecule has 3 heteroatoms. The van der Waals surface area contributed by atoms with Gasteiger partial charge in [-0.15, -0.1) is 0 Å². The minimum Gasteiger partial charge on any atom is -0.507 e. The van der Waals surface area contributed by atoms with Crippen LogP contribution in [0.5, 0.6) is 5.75 Å². The SMILES string of the molecule is CNc1cccc(O)c1I. The summed E-state index contributed by atoms with van der Waals surface area (Å²) < 4.78 is 0.864. The molecule has 0 aliphatic heterocycles. The molecule has 0 radical (unpaired) electrons. The van der Waals surface area contributed by atoms with E-state index < -0.39 is 0 Å². The van der Waals surface area contributed by atoms with Crippen LogP contribution in [0.4, 0.5) is 5.69 Å². The molecule has 10 heavy (non-hydrogen) atoms. The van der Waals surface area contributed by atoms with Crippen LogP contribution in [0.3, 0.4) is 0 Å². The van der Waals surface area contributed by atoms with Crippen LogP contribution in [0.25, 0.3) is 0 Å². The number of phenols is 1. The number of hydrogen-bond acceptors (Lipinski definition) is 2. The number of hydrogen-bond donors (Lipinski definition) is 2. The lowest BCUT2D eigenvalue weighted by Crippen LogP contribution is -1.90. The van der Waals surface area contributed by atoms with Gasteiger partial charge in [-0.2, -0.15) is 0 Å². The third-order valence-corrected chi connectivity index (χ3v) is 2.38. The van der Waals surface area contributed by atoms with E-state index in [1.54, 1.807) is 6.07 Å². The van der Waals surface area contributed by atoms with Gasteiger partial charge >= 0.3 is 0 Å². The lowest BCUT2D eigenvalue weighted by molar-refractivity contribution is 0.472. The Hall–Kier alpha value is -0.450. The van der Waals surface area contributed by atoms with E-state index in [2.05, 4.69) is 27.9 Å². The van der Waals surface area contributed by atoms with E-state index in [1.807, 2.05) is 19.2 Å². The summed E-state index contributed by atoms with van der Waals surface area (Å²) in [5.41, 5.74) is 0.959. The first-order chi connectivity index (χ1) is 4.75. The zero-order valence-electron chi connectivity index (χ0n) is 5.56. The van der Waals surface area contributed by atoms with E-state index in [1.165, 1.54) is 0 Å². The first-order valence-electron chi connectivity index (χ1n) is 2.91. The molecule has 0 amide bonds. The van der Waals surface area contributed by atoms with Crippen LogP contribution >= 0.6 is 22.6 Å². The Bertz CT molecular complexity index is 237. The number of halogens is 1. The van der Waals surface area contributed by atoms with E-state index in [0.29, 0.717) is 5.75 Å². The fourth-order valence-corrected chi connectivity index (χ4v) is 1.34. The maximum atomic E-state index is 9.18. The van der Waals surface area contributed by atoms with Crippen LogP contribution in [0.2, 0.25) is 0 Å². The van der Waals surface area contributed by atoms with Crippen molar-refractivity contribution in [1.29, 1.82) is 0 Å². The molecule has 0 spiro atoms. The number of anilines is 1. The fourth-order valence-electron chi connectivity index (χ4n) is 0.713. The van der Waals surface area contributed by atoms with Gasteiger partial charge in [-0.1, -0.05) is 6.07 Å². The lowest BCUT2D eigenvalue weighted by atomic mass is 10.3. The second-order valence-electron chi connectivity index (χ2n) is 1.89. The van der Waals surface area contributed by atoms with Gasteiger partial charge in [-0.3, -0.25) is 0 Å². The van der Waals surface area contributed by atoms with Crippen molar-refractivity contribution in [2.45, 2.75) is 0 Å².